The largest absolute Gasteiger partial charge is 0.508 e. The lowest BCUT2D eigenvalue weighted by Crippen LogP contribution is -2.51. The third kappa shape index (κ3) is 7.47. The Morgan fingerprint density at radius 1 is 1.11 bits per heavy atom. The average Bonchev–Trinajstić information content (AvgIpc) is 2.74. The van der Waals surface area contributed by atoms with Crippen LogP contribution in [0.4, 0.5) is 10.5 Å². The van der Waals surface area contributed by atoms with Gasteiger partial charge in [-0.15, -0.1) is 0 Å². The lowest BCUT2D eigenvalue weighted by atomic mass is 10.0. The summed E-state index contributed by atoms with van der Waals surface area (Å²) in [5.41, 5.74) is 1.78. The summed E-state index contributed by atoms with van der Waals surface area (Å²) in [5.74, 6) is -1.33. The van der Waals surface area contributed by atoms with Gasteiger partial charge < -0.3 is 25.4 Å². The second-order valence-corrected chi connectivity index (χ2v) is 9.25. The van der Waals surface area contributed by atoms with E-state index in [1.165, 1.54) is 19.1 Å². The molecule has 0 saturated carbocycles. The Kier molecular flexibility index (Phi) is 8.84. The minimum atomic E-state index is -1.25. The zero-order chi connectivity index (χ0) is 26.3. The normalized spacial score (nSPS) is 12.6. The van der Waals surface area contributed by atoms with E-state index in [-0.39, 0.29) is 5.75 Å². The lowest BCUT2D eigenvalue weighted by Gasteiger charge is -2.32. The molecule has 0 bridgehead atoms. The highest BCUT2D eigenvalue weighted by molar-refractivity contribution is 6.00. The maximum atomic E-state index is 13.6. The van der Waals surface area contributed by atoms with E-state index in [1.54, 1.807) is 32.9 Å². The van der Waals surface area contributed by atoms with Crippen LogP contribution in [-0.2, 0) is 14.3 Å². The molecule has 2 aromatic carbocycles. The number of ether oxygens (including phenoxy) is 1. The quantitative estimate of drug-likeness (QED) is 0.514. The summed E-state index contributed by atoms with van der Waals surface area (Å²) in [5, 5.41) is 24.8. The molecule has 9 nitrogen and oxygen atoms in total. The number of alkyl carbamates (subject to hydrolysis) is 1. The van der Waals surface area contributed by atoms with Crippen LogP contribution < -0.4 is 10.6 Å². The third-order valence-electron chi connectivity index (χ3n) is 5.10. The number of phenolic OH excluding ortho intramolecular Hbond substituents is 1. The Balaban J connectivity index is 2.45. The molecule has 0 radical (unpaired) electrons. The number of amides is 3. The molecule has 0 saturated heterocycles. The maximum Gasteiger partial charge on any atom is 0.408 e. The molecule has 0 aromatic heterocycles. The van der Waals surface area contributed by atoms with Gasteiger partial charge in [-0.1, -0.05) is 30.3 Å². The number of anilines is 1. The molecule has 3 N–H and O–H groups in total. The first kappa shape index (κ1) is 27.2. The number of nitrogens with one attached hydrogen (secondary N) is 2. The van der Waals surface area contributed by atoms with Crippen molar-refractivity contribution in [2.75, 3.05) is 11.9 Å². The van der Waals surface area contributed by atoms with Gasteiger partial charge in [0.25, 0.3) is 5.91 Å². The number of hydrogen-bond acceptors (Lipinski definition) is 6. The van der Waals surface area contributed by atoms with Crippen molar-refractivity contribution in [3.8, 4) is 11.8 Å². The fourth-order valence-corrected chi connectivity index (χ4v) is 3.54. The van der Waals surface area contributed by atoms with Crippen molar-refractivity contribution in [1.29, 1.82) is 5.26 Å². The lowest BCUT2D eigenvalue weighted by molar-refractivity contribution is -0.139. The van der Waals surface area contributed by atoms with Gasteiger partial charge in [-0.3, -0.25) is 9.59 Å². The number of benzene rings is 2. The number of phenols is 1. The van der Waals surface area contributed by atoms with Crippen LogP contribution in [0.15, 0.2) is 42.5 Å². The highest BCUT2D eigenvalue weighted by Gasteiger charge is 2.35. The highest BCUT2D eigenvalue weighted by Crippen LogP contribution is 2.28. The van der Waals surface area contributed by atoms with Crippen molar-refractivity contribution in [2.24, 2.45) is 0 Å². The summed E-state index contributed by atoms with van der Waals surface area (Å²) in [7, 11) is 0. The van der Waals surface area contributed by atoms with Crippen LogP contribution in [0.1, 0.15) is 50.4 Å². The van der Waals surface area contributed by atoms with Crippen LogP contribution in [0.3, 0.4) is 0 Å². The fraction of sp³-hybridized carbons (Fsp3) is 0.385. The number of rotatable bonds is 7. The minimum absolute atomic E-state index is 0.100. The van der Waals surface area contributed by atoms with E-state index in [0.29, 0.717) is 11.3 Å². The summed E-state index contributed by atoms with van der Waals surface area (Å²) in [4.78, 5) is 40.2. The maximum absolute atomic E-state index is 13.6. The molecule has 0 aliphatic rings. The summed E-state index contributed by atoms with van der Waals surface area (Å²) >= 11 is 0. The van der Waals surface area contributed by atoms with E-state index in [9.17, 15) is 24.8 Å². The van der Waals surface area contributed by atoms with Gasteiger partial charge >= 0.3 is 6.09 Å². The van der Waals surface area contributed by atoms with Crippen LogP contribution in [-0.4, -0.2) is 46.1 Å². The first-order valence-electron chi connectivity index (χ1n) is 11.2. The average molecular weight is 481 g/mol. The van der Waals surface area contributed by atoms with Crippen molar-refractivity contribution in [3.63, 3.8) is 0 Å². The smallest absolute Gasteiger partial charge is 0.408 e. The Morgan fingerprint density at radius 3 is 2.26 bits per heavy atom. The number of carbonyl (C=O) groups excluding carboxylic acids is 3. The molecule has 3 amide bonds. The zero-order valence-electron chi connectivity index (χ0n) is 20.9. The Labute approximate surface area is 205 Å². The number of aryl methyl sites for hydroxylation is 2. The molecule has 0 fully saturated rings. The van der Waals surface area contributed by atoms with Crippen molar-refractivity contribution in [1.82, 2.24) is 10.2 Å². The Morgan fingerprint density at radius 2 is 1.71 bits per heavy atom. The summed E-state index contributed by atoms with van der Waals surface area (Å²) in [6, 6.07) is 11.0. The van der Waals surface area contributed by atoms with Crippen LogP contribution in [0, 0.1) is 25.2 Å². The number of nitriles is 1. The molecular formula is C26H32N4O5. The van der Waals surface area contributed by atoms with Gasteiger partial charge in [-0.25, -0.2) is 4.79 Å². The fourth-order valence-electron chi connectivity index (χ4n) is 3.54. The van der Waals surface area contributed by atoms with Gasteiger partial charge in [0.1, 0.15) is 30.0 Å². The molecular weight excluding hydrogens is 448 g/mol. The van der Waals surface area contributed by atoms with Crippen molar-refractivity contribution in [2.45, 2.75) is 59.2 Å². The van der Waals surface area contributed by atoms with Gasteiger partial charge in [-0.05, 0) is 70.4 Å². The number of carbonyl (C=O) groups is 3. The summed E-state index contributed by atoms with van der Waals surface area (Å²) < 4.78 is 5.21. The molecule has 0 aliphatic heterocycles. The van der Waals surface area contributed by atoms with E-state index >= 15 is 0 Å². The van der Waals surface area contributed by atoms with E-state index in [4.69, 9.17) is 4.74 Å². The monoisotopic (exact) mass is 480 g/mol. The van der Waals surface area contributed by atoms with Gasteiger partial charge in [-0.2, -0.15) is 5.26 Å². The highest BCUT2D eigenvalue weighted by atomic mass is 16.6. The number of hydrogen-bond donors (Lipinski definition) is 3. The predicted molar refractivity (Wildman–Crippen MR) is 132 cm³/mol. The molecule has 0 aliphatic carbocycles. The third-order valence-corrected chi connectivity index (χ3v) is 5.10. The number of nitrogens with zero attached hydrogens (tertiary/aromatic N) is 2. The zero-order valence-corrected chi connectivity index (χ0v) is 20.9. The molecule has 0 spiro atoms. The Hall–Kier alpha value is -4.06. The molecule has 2 rings (SSSR count). The standard InChI is InChI=1S/C26H32N4O5/c1-16-9-7-10-17(2)21(16)29-23(32)22(19-11-8-12-20(31)15-19)30(14-13-27)24(33)18(3)28-25(34)35-26(4,5)6/h7-12,15,18,22,31H,14H2,1-6H3,(H,28,34)(H,29,32). The second kappa shape index (κ2) is 11.4. The predicted octanol–water partition coefficient (Wildman–Crippen LogP) is 3.95. The van der Waals surface area contributed by atoms with Crippen LogP contribution in [0.5, 0.6) is 5.75 Å². The molecule has 186 valence electrons. The Bertz CT molecular complexity index is 1110. The minimum Gasteiger partial charge on any atom is -0.508 e. The van der Waals surface area contributed by atoms with Gasteiger partial charge in [0.15, 0.2) is 0 Å². The van der Waals surface area contributed by atoms with E-state index in [1.807, 2.05) is 38.1 Å². The number of para-hydroxylation sites is 1. The van der Waals surface area contributed by atoms with Crippen molar-refractivity contribution in [3.05, 3.63) is 59.2 Å². The van der Waals surface area contributed by atoms with Gasteiger partial charge in [0.05, 0.1) is 6.07 Å². The van der Waals surface area contributed by atoms with E-state index < -0.39 is 42.1 Å². The first-order valence-corrected chi connectivity index (χ1v) is 11.2. The molecule has 2 aromatic rings. The van der Waals surface area contributed by atoms with Crippen molar-refractivity contribution >= 4 is 23.6 Å². The molecule has 0 heterocycles. The summed E-state index contributed by atoms with van der Waals surface area (Å²) in [6.07, 6.45) is -0.802. The molecule has 2 unspecified atom stereocenters. The van der Waals surface area contributed by atoms with Crippen molar-refractivity contribution < 1.29 is 24.2 Å². The number of aromatic hydroxyl groups is 1. The molecule has 9 heteroatoms. The topological polar surface area (TPSA) is 132 Å². The van der Waals surface area contributed by atoms with Gasteiger partial charge in [0, 0.05) is 5.69 Å². The van der Waals surface area contributed by atoms with Crippen LogP contribution >= 0.6 is 0 Å². The van der Waals surface area contributed by atoms with E-state index in [2.05, 4.69) is 10.6 Å². The second-order valence-electron chi connectivity index (χ2n) is 9.25. The van der Waals surface area contributed by atoms with Gasteiger partial charge in [0.2, 0.25) is 5.91 Å². The molecule has 2 atom stereocenters. The van der Waals surface area contributed by atoms with Crippen LogP contribution in [0.2, 0.25) is 0 Å². The van der Waals surface area contributed by atoms with Crippen LogP contribution in [0.25, 0.3) is 0 Å². The van der Waals surface area contributed by atoms with E-state index in [0.717, 1.165) is 16.0 Å². The molecule has 35 heavy (non-hydrogen) atoms. The first-order chi connectivity index (χ1) is 16.3. The summed E-state index contributed by atoms with van der Waals surface area (Å²) in [6.45, 7) is 9.78. The SMILES string of the molecule is Cc1cccc(C)c1NC(=O)C(c1cccc(O)c1)N(CC#N)C(=O)C(C)NC(=O)OC(C)(C)C.